The minimum Gasteiger partial charge on any atom is -0.493 e. The summed E-state index contributed by atoms with van der Waals surface area (Å²) in [6, 6.07) is 21.4. The first-order valence-corrected chi connectivity index (χ1v) is 10.5. The van der Waals surface area contributed by atoms with Crippen LogP contribution in [0, 0.1) is 5.82 Å². The summed E-state index contributed by atoms with van der Waals surface area (Å²) in [4.78, 5) is 14.2. The Hall–Kier alpha value is -3.09. The van der Waals surface area contributed by atoms with Crippen molar-refractivity contribution in [2.45, 2.75) is 19.1 Å². The Bertz CT molecular complexity index is 1030. The Morgan fingerprint density at radius 3 is 2.39 bits per heavy atom. The van der Waals surface area contributed by atoms with E-state index < -0.39 is 6.04 Å². The van der Waals surface area contributed by atoms with Crippen LogP contribution in [0.5, 0.6) is 11.5 Å². The van der Waals surface area contributed by atoms with Gasteiger partial charge in [-0.25, -0.2) is 4.39 Å². The number of ether oxygens (including phenoxy) is 2. The predicted molar refractivity (Wildman–Crippen MR) is 131 cm³/mol. The zero-order valence-electron chi connectivity index (χ0n) is 19.1. The Morgan fingerprint density at radius 1 is 0.970 bits per heavy atom. The lowest BCUT2D eigenvalue weighted by molar-refractivity contribution is -0.131. The van der Waals surface area contributed by atoms with Gasteiger partial charge in [0.2, 0.25) is 5.91 Å². The van der Waals surface area contributed by atoms with E-state index in [0.29, 0.717) is 24.5 Å². The quantitative estimate of drug-likeness (QED) is 0.460. The molecule has 1 unspecified atom stereocenters. The summed E-state index contributed by atoms with van der Waals surface area (Å²) in [5.74, 6) is 0.929. The van der Waals surface area contributed by atoms with Crippen LogP contribution in [0.1, 0.15) is 22.7 Å². The highest BCUT2D eigenvalue weighted by Crippen LogP contribution is 2.29. The lowest BCUT2D eigenvalue weighted by atomic mass is 10.0. The van der Waals surface area contributed by atoms with Gasteiger partial charge in [-0.1, -0.05) is 48.5 Å². The second-order valence-electron chi connectivity index (χ2n) is 7.68. The zero-order valence-corrected chi connectivity index (χ0v) is 19.9. The highest BCUT2D eigenvalue weighted by atomic mass is 35.5. The fraction of sp³-hybridized carbons (Fsp3) is 0.269. The van der Waals surface area contributed by atoms with Gasteiger partial charge in [0.15, 0.2) is 11.5 Å². The SMILES string of the molecule is COc1cc(CCNC(C(=O)N(C)C)c2ccccc2)ccc1OCc1cccc(F)c1.Cl. The third-order valence-electron chi connectivity index (χ3n) is 5.09. The molecule has 0 aliphatic rings. The Kier molecular flexibility index (Phi) is 10.2. The van der Waals surface area contributed by atoms with E-state index in [-0.39, 0.29) is 30.7 Å². The number of methoxy groups -OCH3 is 1. The third-order valence-corrected chi connectivity index (χ3v) is 5.09. The molecule has 3 rings (SSSR count). The van der Waals surface area contributed by atoms with Crippen molar-refractivity contribution in [3.8, 4) is 11.5 Å². The molecule has 0 radical (unpaired) electrons. The van der Waals surface area contributed by atoms with Gasteiger partial charge in [-0.2, -0.15) is 0 Å². The number of likely N-dealkylation sites (N-methyl/N-ethyl adjacent to an activating group) is 1. The van der Waals surface area contributed by atoms with Crippen molar-refractivity contribution < 1.29 is 18.7 Å². The van der Waals surface area contributed by atoms with Crippen LogP contribution in [0.3, 0.4) is 0 Å². The number of rotatable bonds is 10. The molecule has 0 aromatic heterocycles. The van der Waals surface area contributed by atoms with Gasteiger partial charge >= 0.3 is 0 Å². The molecular weight excluding hydrogens is 443 g/mol. The van der Waals surface area contributed by atoms with E-state index in [9.17, 15) is 9.18 Å². The standard InChI is InChI=1S/C26H29FN2O3.ClH/c1-29(2)26(30)25(21-9-5-4-6-10-21)28-15-14-19-12-13-23(24(17-19)31-3)32-18-20-8-7-11-22(27)16-20;/h4-13,16-17,25,28H,14-15,18H2,1-3H3;1H. The summed E-state index contributed by atoms with van der Waals surface area (Å²) in [6.45, 7) is 0.867. The number of benzene rings is 3. The van der Waals surface area contributed by atoms with Crippen LogP contribution in [0.2, 0.25) is 0 Å². The van der Waals surface area contributed by atoms with Crippen LogP contribution < -0.4 is 14.8 Å². The number of carbonyl (C=O) groups excluding carboxylic acids is 1. The minimum atomic E-state index is -0.401. The van der Waals surface area contributed by atoms with E-state index in [1.807, 2.05) is 54.6 Å². The first kappa shape index (κ1) is 26.2. The molecular formula is C26H30ClFN2O3. The van der Waals surface area contributed by atoms with Gasteiger partial charge in [-0.3, -0.25) is 4.79 Å². The molecule has 0 aliphatic carbocycles. The summed E-state index contributed by atoms with van der Waals surface area (Å²) >= 11 is 0. The molecule has 0 aliphatic heterocycles. The topological polar surface area (TPSA) is 50.8 Å². The number of carbonyl (C=O) groups is 1. The molecule has 0 saturated heterocycles. The molecule has 1 amide bonds. The van der Waals surface area contributed by atoms with Crippen LogP contribution >= 0.6 is 12.4 Å². The monoisotopic (exact) mass is 472 g/mol. The Balaban J connectivity index is 0.00000385. The first-order valence-electron chi connectivity index (χ1n) is 10.5. The second-order valence-corrected chi connectivity index (χ2v) is 7.68. The molecule has 1 N–H and O–H groups in total. The third kappa shape index (κ3) is 7.48. The van der Waals surface area contributed by atoms with Gasteiger partial charge in [0.1, 0.15) is 18.5 Å². The highest BCUT2D eigenvalue weighted by molar-refractivity contribution is 5.85. The van der Waals surface area contributed by atoms with Crippen molar-refractivity contribution in [2.75, 3.05) is 27.7 Å². The van der Waals surface area contributed by atoms with E-state index in [4.69, 9.17) is 9.47 Å². The molecule has 0 saturated carbocycles. The van der Waals surface area contributed by atoms with E-state index in [1.165, 1.54) is 12.1 Å². The molecule has 3 aromatic carbocycles. The number of nitrogens with one attached hydrogen (secondary N) is 1. The average molecular weight is 473 g/mol. The molecule has 7 heteroatoms. The summed E-state index contributed by atoms with van der Waals surface area (Å²) < 4.78 is 24.7. The normalized spacial score (nSPS) is 11.3. The molecule has 0 bridgehead atoms. The molecule has 3 aromatic rings. The van der Waals surface area contributed by atoms with Crippen molar-refractivity contribution in [2.24, 2.45) is 0 Å². The lowest BCUT2D eigenvalue weighted by Gasteiger charge is -2.22. The summed E-state index contributed by atoms with van der Waals surface area (Å²) in [5, 5.41) is 3.37. The largest absolute Gasteiger partial charge is 0.493 e. The number of hydrogen-bond donors (Lipinski definition) is 1. The second kappa shape index (κ2) is 12.8. The number of halogens is 2. The van der Waals surface area contributed by atoms with Crippen molar-refractivity contribution in [1.29, 1.82) is 0 Å². The number of nitrogens with zero attached hydrogens (tertiary/aromatic N) is 1. The fourth-order valence-electron chi connectivity index (χ4n) is 3.39. The number of amides is 1. The first-order chi connectivity index (χ1) is 15.5. The zero-order chi connectivity index (χ0) is 22.9. The van der Waals surface area contributed by atoms with E-state index in [1.54, 1.807) is 32.2 Å². The summed E-state index contributed by atoms with van der Waals surface area (Å²) in [7, 11) is 5.11. The summed E-state index contributed by atoms with van der Waals surface area (Å²) in [5.41, 5.74) is 2.74. The molecule has 0 fully saturated rings. The maximum absolute atomic E-state index is 13.4. The minimum absolute atomic E-state index is 0. The van der Waals surface area contributed by atoms with Crippen LogP contribution in [-0.4, -0.2) is 38.6 Å². The molecule has 0 heterocycles. The predicted octanol–water partition coefficient (Wildman–Crippen LogP) is 4.80. The van der Waals surface area contributed by atoms with Gasteiger partial charge in [0.05, 0.1) is 7.11 Å². The highest BCUT2D eigenvalue weighted by Gasteiger charge is 2.21. The van der Waals surface area contributed by atoms with Crippen molar-refractivity contribution in [1.82, 2.24) is 10.2 Å². The summed E-state index contributed by atoms with van der Waals surface area (Å²) in [6.07, 6.45) is 0.713. The van der Waals surface area contributed by atoms with Crippen LogP contribution in [0.4, 0.5) is 4.39 Å². The van der Waals surface area contributed by atoms with Crippen molar-refractivity contribution in [3.05, 3.63) is 95.3 Å². The molecule has 176 valence electrons. The smallest absolute Gasteiger partial charge is 0.243 e. The van der Waals surface area contributed by atoms with Gasteiger partial charge < -0.3 is 19.7 Å². The average Bonchev–Trinajstić information content (AvgIpc) is 2.81. The van der Waals surface area contributed by atoms with Gasteiger partial charge in [0.25, 0.3) is 0 Å². The van der Waals surface area contributed by atoms with Gasteiger partial charge in [-0.05, 0) is 47.4 Å². The Labute approximate surface area is 200 Å². The van der Waals surface area contributed by atoms with Crippen molar-refractivity contribution >= 4 is 18.3 Å². The van der Waals surface area contributed by atoms with Gasteiger partial charge in [-0.15, -0.1) is 12.4 Å². The molecule has 0 spiro atoms. The lowest BCUT2D eigenvalue weighted by Crippen LogP contribution is -2.37. The number of hydrogen-bond acceptors (Lipinski definition) is 4. The van der Waals surface area contributed by atoms with E-state index in [2.05, 4.69) is 5.32 Å². The van der Waals surface area contributed by atoms with E-state index in [0.717, 1.165) is 16.7 Å². The van der Waals surface area contributed by atoms with E-state index >= 15 is 0 Å². The van der Waals surface area contributed by atoms with Gasteiger partial charge in [0, 0.05) is 20.6 Å². The van der Waals surface area contributed by atoms with Crippen molar-refractivity contribution in [3.63, 3.8) is 0 Å². The fourth-order valence-corrected chi connectivity index (χ4v) is 3.39. The molecule has 33 heavy (non-hydrogen) atoms. The molecule has 1 atom stereocenters. The maximum Gasteiger partial charge on any atom is 0.243 e. The molecule has 5 nitrogen and oxygen atoms in total. The van der Waals surface area contributed by atoms with Crippen LogP contribution in [0.25, 0.3) is 0 Å². The maximum atomic E-state index is 13.4. The van der Waals surface area contributed by atoms with Crippen LogP contribution in [0.15, 0.2) is 72.8 Å². The van der Waals surface area contributed by atoms with Crippen LogP contribution in [-0.2, 0) is 17.8 Å². The Morgan fingerprint density at radius 2 is 1.73 bits per heavy atom.